The SMILES string of the molecule is CCN1CCC2CN(c3cnc4cn[nH]c4n3)CC2C1.[Ra]. The van der Waals surface area contributed by atoms with Gasteiger partial charge in [-0.2, -0.15) is 5.10 Å². The average molecular weight is 498 g/mol. The Morgan fingerprint density at radius 2 is 2.10 bits per heavy atom. The summed E-state index contributed by atoms with van der Waals surface area (Å²) in [6.07, 6.45) is 4.91. The fourth-order valence-corrected chi connectivity index (χ4v) is 3.59. The molecule has 21 heavy (non-hydrogen) atoms. The van der Waals surface area contributed by atoms with Crippen LogP contribution in [0.4, 0.5) is 5.82 Å². The van der Waals surface area contributed by atoms with Gasteiger partial charge in [-0.3, -0.25) is 5.10 Å². The molecule has 2 fully saturated rings. The van der Waals surface area contributed by atoms with Gasteiger partial charge in [0.25, 0.3) is 0 Å². The van der Waals surface area contributed by atoms with Crippen LogP contribution in [0.25, 0.3) is 11.2 Å². The Kier molecular flexibility index (Phi) is 4.84. The molecule has 2 aromatic rings. The molecule has 0 bridgehead atoms. The average Bonchev–Trinajstić information content (AvgIpc) is 3.11. The van der Waals surface area contributed by atoms with Crippen LogP contribution in [0.5, 0.6) is 0 Å². The maximum Gasteiger partial charge on any atom is 0.176 e. The molecular weight excluding hydrogens is 478 g/mol. The monoisotopic (exact) mass is 498 g/mol. The number of hydrogen-bond acceptors (Lipinski definition) is 5. The molecule has 2 atom stereocenters. The number of piperidine rings is 1. The summed E-state index contributed by atoms with van der Waals surface area (Å²) in [7, 11) is 0. The molecule has 2 unspecified atom stereocenters. The molecule has 2 radical (unpaired) electrons. The molecule has 0 aromatic carbocycles. The fourth-order valence-electron chi connectivity index (χ4n) is 3.59. The molecule has 2 aliphatic heterocycles. The first kappa shape index (κ1) is 15.7. The van der Waals surface area contributed by atoms with Crippen LogP contribution in [-0.2, 0) is 0 Å². The fraction of sp³-hybridized carbons (Fsp3) is 0.643. The van der Waals surface area contributed by atoms with Crippen molar-refractivity contribution in [3.05, 3.63) is 12.4 Å². The van der Waals surface area contributed by atoms with Gasteiger partial charge in [0, 0.05) is 64.6 Å². The number of fused-ring (bicyclic) bond motifs is 2. The van der Waals surface area contributed by atoms with E-state index in [0.29, 0.717) is 0 Å². The molecule has 1 N–H and O–H groups in total. The summed E-state index contributed by atoms with van der Waals surface area (Å²) in [6.45, 7) is 8.13. The van der Waals surface area contributed by atoms with Gasteiger partial charge < -0.3 is 9.80 Å². The standard InChI is InChI=1S/C14H20N6.Ra/c1-2-19-4-3-10-8-20(9-11(10)7-19)13-6-15-12-5-16-18-14(12)17-13;/h5-6,10-11H,2-4,7-9H2,1H3,(H,16,17,18);. The van der Waals surface area contributed by atoms with Gasteiger partial charge in [-0.25, -0.2) is 9.97 Å². The van der Waals surface area contributed by atoms with Crippen molar-refractivity contribution in [2.45, 2.75) is 13.3 Å². The number of likely N-dealkylation sites (tertiary alicyclic amines) is 1. The first-order valence-corrected chi connectivity index (χ1v) is 7.47. The maximum atomic E-state index is 4.65. The van der Waals surface area contributed by atoms with Gasteiger partial charge in [0.05, 0.1) is 12.4 Å². The first-order chi connectivity index (χ1) is 9.83. The second kappa shape index (κ2) is 6.49. The Bertz CT molecular complexity index is 614. The Morgan fingerprint density at radius 1 is 1.24 bits per heavy atom. The molecule has 0 aliphatic carbocycles. The van der Waals surface area contributed by atoms with E-state index in [9.17, 15) is 0 Å². The smallest absolute Gasteiger partial charge is 0.176 e. The molecule has 4 rings (SSSR count). The Balaban J connectivity index is 0.00000132. The van der Waals surface area contributed by atoms with E-state index in [2.05, 4.69) is 36.9 Å². The summed E-state index contributed by atoms with van der Waals surface area (Å²) in [5.41, 5.74) is 1.62. The minimum absolute atomic E-state index is 0. The summed E-state index contributed by atoms with van der Waals surface area (Å²) in [5.74, 6) is 2.58. The number of rotatable bonds is 2. The van der Waals surface area contributed by atoms with Gasteiger partial charge in [-0.1, -0.05) is 6.92 Å². The van der Waals surface area contributed by atoms with E-state index in [-0.39, 0.29) is 45.0 Å². The second-order valence-corrected chi connectivity index (χ2v) is 5.94. The van der Waals surface area contributed by atoms with Gasteiger partial charge in [0.15, 0.2) is 5.65 Å². The molecule has 0 spiro atoms. The van der Waals surface area contributed by atoms with Crippen molar-refractivity contribution >= 4 is 17.0 Å². The Morgan fingerprint density at radius 3 is 2.95 bits per heavy atom. The van der Waals surface area contributed by atoms with Crippen molar-refractivity contribution in [1.82, 2.24) is 25.1 Å². The van der Waals surface area contributed by atoms with Crippen LogP contribution in [0.2, 0.25) is 0 Å². The van der Waals surface area contributed by atoms with Crippen molar-refractivity contribution in [1.29, 1.82) is 0 Å². The van der Waals surface area contributed by atoms with E-state index in [4.69, 9.17) is 0 Å². The number of aromatic nitrogens is 4. The quantitative estimate of drug-likeness (QED) is 0.673. The number of hydrogen-bond donors (Lipinski definition) is 1. The number of aromatic amines is 1. The Labute approximate surface area is 161 Å². The van der Waals surface area contributed by atoms with Crippen LogP contribution < -0.4 is 4.90 Å². The minimum Gasteiger partial charge on any atom is -0.355 e. The van der Waals surface area contributed by atoms with Crippen molar-refractivity contribution in [2.75, 3.05) is 37.6 Å². The van der Waals surface area contributed by atoms with Crippen LogP contribution >= 0.6 is 0 Å². The second-order valence-electron chi connectivity index (χ2n) is 5.94. The van der Waals surface area contributed by atoms with E-state index in [1.54, 1.807) is 6.20 Å². The molecule has 2 aromatic heterocycles. The van der Waals surface area contributed by atoms with Crippen molar-refractivity contribution < 1.29 is 45.0 Å². The van der Waals surface area contributed by atoms with Crippen molar-refractivity contribution in [2.24, 2.45) is 11.8 Å². The van der Waals surface area contributed by atoms with E-state index in [1.165, 1.54) is 26.1 Å². The third-order valence-electron chi connectivity index (χ3n) is 4.80. The maximum absolute atomic E-state index is 4.65. The molecule has 4 heterocycles. The van der Waals surface area contributed by atoms with Gasteiger partial charge in [-0.15, -0.1) is 0 Å². The molecule has 6 nitrogen and oxygen atoms in total. The van der Waals surface area contributed by atoms with E-state index in [0.717, 1.165) is 41.9 Å². The van der Waals surface area contributed by atoms with Crippen molar-refractivity contribution in [3.63, 3.8) is 0 Å². The molecule has 108 valence electrons. The van der Waals surface area contributed by atoms with Gasteiger partial charge in [0.2, 0.25) is 0 Å². The summed E-state index contributed by atoms with van der Waals surface area (Å²) in [4.78, 5) is 14.0. The van der Waals surface area contributed by atoms with Crippen LogP contribution in [0.1, 0.15) is 13.3 Å². The zero-order chi connectivity index (χ0) is 13.5. The topological polar surface area (TPSA) is 60.9 Å². The zero-order valence-corrected chi connectivity index (χ0v) is 18.3. The molecular formula is C14H20N6Ra. The molecule has 0 amide bonds. The predicted molar refractivity (Wildman–Crippen MR) is 77.6 cm³/mol. The third kappa shape index (κ3) is 2.98. The van der Waals surface area contributed by atoms with Crippen LogP contribution in [-0.4, -0.2) is 57.8 Å². The Hall–Kier alpha value is -0.222. The summed E-state index contributed by atoms with van der Waals surface area (Å²) in [5, 5.41) is 6.89. The zero-order valence-electron chi connectivity index (χ0n) is 12.5. The minimum atomic E-state index is 0. The number of nitrogens with zero attached hydrogens (tertiary/aromatic N) is 5. The summed E-state index contributed by atoms with van der Waals surface area (Å²) < 4.78 is 0. The largest absolute Gasteiger partial charge is 0.355 e. The number of anilines is 1. The molecule has 2 aliphatic rings. The van der Waals surface area contributed by atoms with E-state index in [1.807, 2.05) is 6.20 Å². The molecule has 7 heteroatoms. The van der Waals surface area contributed by atoms with Gasteiger partial charge >= 0.3 is 0 Å². The van der Waals surface area contributed by atoms with Crippen molar-refractivity contribution in [3.8, 4) is 0 Å². The predicted octanol–water partition coefficient (Wildman–Crippen LogP) is 1.13. The number of H-pyrrole nitrogens is 1. The van der Waals surface area contributed by atoms with Crippen LogP contribution in [0.15, 0.2) is 12.4 Å². The summed E-state index contributed by atoms with van der Waals surface area (Å²) >= 11 is 0. The van der Waals surface area contributed by atoms with Crippen LogP contribution in [0.3, 0.4) is 0 Å². The van der Waals surface area contributed by atoms with Crippen LogP contribution in [0, 0.1) is 56.8 Å². The van der Waals surface area contributed by atoms with E-state index >= 15 is 0 Å². The van der Waals surface area contributed by atoms with Gasteiger partial charge in [0.1, 0.15) is 11.3 Å². The third-order valence-corrected chi connectivity index (χ3v) is 4.80. The van der Waals surface area contributed by atoms with E-state index < -0.39 is 0 Å². The molecule has 2 saturated heterocycles. The van der Waals surface area contributed by atoms with Gasteiger partial charge in [-0.05, 0) is 31.3 Å². The first-order valence-electron chi connectivity index (χ1n) is 7.47. The summed E-state index contributed by atoms with van der Waals surface area (Å²) in [6, 6.07) is 0. The number of nitrogens with one attached hydrogen (secondary N) is 1. The normalized spacial score (nSPS) is 25.9. The molecule has 0 saturated carbocycles.